The first kappa shape index (κ1) is 17.9. The number of rotatable bonds is 4. The quantitative estimate of drug-likeness (QED) is 0.878. The third-order valence-electron chi connectivity index (χ3n) is 4.47. The Bertz CT molecular complexity index is 902. The van der Waals surface area contributed by atoms with Crippen molar-refractivity contribution in [2.24, 2.45) is 0 Å². The van der Waals surface area contributed by atoms with Gasteiger partial charge in [0.05, 0.1) is 11.5 Å². The van der Waals surface area contributed by atoms with Gasteiger partial charge in [-0.05, 0) is 38.0 Å². The Morgan fingerprint density at radius 1 is 1.28 bits per heavy atom. The molecule has 0 spiro atoms. The Balaban J connectivity index is 1.87. The van der Waals surface area contributed by atoms with E-state index in [1.165, 1.54) is 0 Å². The number of nitrogens with one attached hydrogen (secondary N) is 1. The average Bonchev–Trinajstić information content (AvgIpc) is 2.90. The summed E-state index contributed by atoms with van der Waals surface area (Å²) in [4.78, 5) is 10.8. The van der Waals surface area contributed by atoms with Crippen LogP contribution in [0.25, 0.3) is 0 Å². The molecule has 6 nitrogen and oxygen atoms in total. The van der Waals surface area contributed by atoms with Crippen molar-refractivity contribution in [3.8, 4) is 0 Å². The van der Waals surface area contributed by atoms with Gasteiger partial charge in [0.2, 0.25) is 0 Å². The summed E-state index contributed by atoms with van der Waals surface area (Å²) in [7, 11) is -1.07. The molecule has 3 rings (SSSR count). The van der Waals surface area contributed by atoms with E-state index >= 15 is 0 Å². The van der Waals surface area contributed by atoms with Gasteiger partial charge in [-0.3, -0.25) is 0 Å². The monoisotopic (exact) mass is 380 g/mol. The van der Waals surface area contributed by atoms with Crippen LogP contribution in [-0.4, -0.2) is 43.0 Å². The Morgan fingerprint density at radius 3 is 2.72 bits per heavy atom. The minimum atomic E-state index is -2.94. The van der Waals surface area contributed by atoms with E-state index in [2.05, 4.69) is 15.3 Å². The fourth-order valence-corrected chi connectivity index (χ4v) is 4.89. The second kappa shape index (κ2) is 6.80. The van der Waals surface area contributed by atoms with E-state index in [4.69, 9.17) is 11.6 Å². The largest absolute Gasteiger partial charge is 0.355 e. The highest BCUT2D eigenvalue weighted by Crippen LogP contribution is 2.28. The van der Waals surface area contributed by atoms with E-state index < -0.39 is 9.84 Å². The number of anilines is 3. The van der Waals surface area contributed by atoms with Crippen molar-refractivity contribution >= 4 is 38.8 Å². The van der Waals surface area contributed by atoms with Crippen LogP contribution in [0.3, 0.4) is 0 Å². The zero-order chi connectivity index (χ0) is 18.2. The molecule has 1 aliphatic rings. The number of hydrogen-bond donors (Lipinski definition) is 1. The molecule has 1 fully saturated rings. The molecule has 0 saturated carbocycles. The standard InChI is InChI=1S/C17H21ClN4O2S/c1-11-14(18)5-4-6-15(11)21-16-9-17(20-12(2)19-16)22(3)13-7-8-25(23,24)10-13/h4-6,9,13H,7-8,10H2,1-3H3,(H,19,20,21). The van der Waals surface area contributed by atoms with Gasteiger partial charge in [0.15, 0.2) is 9.84 Å². The SMILES string of the molecule is Cc1nc(Nc2cccc(Cl)c2C)cc(N(C)C2CCS(=O)(=O)C2)n1. The van der Waals surface area contributed by atoms with Gasteiger partial charge in [-0.2, -0.15) is 0 Å². The smallest absolute Gasteiger partial charge is 0.152 e. The van der Waals surface area contributed by atoms with Gasteiger partial charge < -0.3 is 10.2 Å². The van der Waals surface area contributed by atoms with Crippen LogP contribution < -0.4 is 10.2 Å². The number of benzene rings is 1. The van der Waals surface area contributed by atoms with Crippen LogP contribution in [0.4, 0.5) is 17.3 Å². The van der Waals surface area contributed by atoms with Gasteiger partial charge in [-0.15, -0.1) is 0 Å². The van der Waals surface area contributed by atoms with E-state index in [-0.39, 0.29) is 17.5 Å². The molecule has 134 valence electrons. The van der Waals surface area contributed by atoms with E-state index in [1.54, 1.807) is 0 Å². The van der Waals surface area contributed by atoms with Crippen molar-refractivity contribution < 1.29 is 8.42 Å². The first-order valence-electron chi connectivity index (χ1n) is 8.06. The Labute approximate surface area is 153 Å². The minimum Gasteiger partial charge on any atom is -0.355 e. The fourth-order valence-electron chi connectivity index (χ4n) is 2.95. The molecule has 0 bridgehead atoms. The van der Waals surface area contributed by atoms with Gasteiger partial charge in [-0.25, -0.2) is 18.4 Å². The van der Waals surface area contributed by atoms with E-state index in [9.17, 15) is 8.42 Å². The number of aryl methyl sites for hydroxylation is 1. The summed E-state index contributed by atoms with van der Waals surface area (Å²) >= 11 is 6.17. The van der Waals surface area contributed by atoms with Crippen LogP contribution in [0.5, 0.6) is 0 Å². The zero-order valence-electron chi connectivity index (χ0n) is 14.5. The Hall–Kier alpha value is -1.86. The summed E-state index contributed by atoms with van der Waals surface area (Å²) in [6, 6.07) is 7.43. The predicted octanol–water partition coefficient (Wildman–Crippen LogP) is 3.11. The molecule has 0 aliphatic carbocycles. The molecule has 2 heterocycles. The van der Waals surface area contributed by atoms with Crippen molar-refractivity contribution in [3.63, 3.8) is 0 Å². The first-order chi connectivity index (χ1) is 11.7. The van der Waals surface area contributed by atoms with Crippen LogP contribution >= 0.6 is 11.6 Å². The number of sulfone groups is 1. The molecule has 8 heteroatoms. The second-order valence-corrected chi connectivity index (χ2v) is 9.00. The highest BCUT2D eigenvalue weighted by atomic mass is 35.5. The zero-order valence-corrected chi connectivity index (χ0v) is 16.0. The summed E-state index contributed by atoms with van der Waals surface area (Å²) < 4.78 is 23.5. The Kier molecular flexibility index (Phi) is 4.88. The summed E-state index contributed by atoms with van der Waals surface area (Å²) in [5, 5.41) is 3.96. The summed E-state index contributed by atoms with van der Waals surface area (Å²) in [5.41, 5.74) is 1.82. The van der Waals surface area contributed by atoms with Crippen LogP contribution in [0.1, 0.15) is 17.8 Å². The van der Waals surface area contributed by atoms with Crippen molar-refractivity contribution in [2.45, 2.75) is 26.3 Å². The van der Waals surface area contributed by atoms with Gasteiger partial charge in [0.1, 0.15) is 17.5 Å². The molecule has 1 aromatic heterocycles. The lowest BCUT2D eigenvalue weighted by molar-refractivity contribution is 0.600. The summed E-state index contributed by atoms with van der Waals surface area (Å²) in [6.45, 7) is 3.76. The predicted molar refractivity (Wildman–Crippen MR) is 102 cm³/mol. The van der Waals surface area contributed by atoms with Crippen LogP contribution in [-0.2, 0) is 9.84 Å². The molecule has 0 amide bonds. The van der Waals surface area contributed by atoms with Crippen LogP contribution in [0.15, 0.2) is 24.3 Å². The molecule has 1 atom stereocenters. The molecule has 1 unspecified atom stereocenters. The highest BCUT2D eigenvalue weighted by molar-refractivity contribution is 7.91. The second-order valence-electron chi connectivity index (χ2n) is 6.36. The highest BCUT2D eigenvalue weighted by Gasteiger charge is 2.31. The normalized spacial score (nSPS) is 19.0. The maximum absolute atomic E-state index is 11.7. The van der Waals surface area contributed by atoms with Gasteiger partial charge in [0.25, 0.3) is 0 Å². The Morgan fingerprint density at radius 2 is 2.04 bits per heavy atom. The topological polar surface area (TPSA) is 75.2 Å². The number of hydrogen-bond acceptors (Lipinski definition) is 6. The molecule has 2 aromatic rings. The third-order valence-corrected chi connectivity index (χ3v) is 6.63. The maximum Gasteiger partial charge on any atom is 0.152 e. The maximum atomic E-state index is 11.7. The van der Waals surface area contributed by atoms with E-state index in [1.807, 2.05) is 50.1 Å². The van der Waals surface area contributed by atoms with Gasteiger partial charge >= 0.3 is 0 Å². The van der Waals surface area contributed by atoms with E-state index in [0.717, 1.165) is 11.3 Å². The van der Waals surface area contributed by atoms with Crippen molar-refractivity contribution in [1.82, 2.24) is 9.97 Å². The molecule has 1 N–H and O–H groups in total. The number of halogens is 1. The van der Waals surface area contributed by atoms with E-state index in [0.29, 0.717) is 28.9 Å². The third kappa shape index (κ3) is 4.04. The molecule has 0 radical (unpaired) electrons. The molecule has 1 saturated heterocycles. The number of aromatic nitrogens is 2. The van der Waals surface area contributed by atoms with Gasteiger partial charge in [0, 0.05) is 29.9 Å². The van der Waals surface area contributed by atoms with Crippen molar-refractivity contribution in [1.29, 1.82) is 0 Å². The lowest BCUT2D eigenvalue weighted by atomic mass is 10.2. The van der Waals surface area contributed by atoms with Crippen LogP contribution in [0.2, 0.25) is 5.02 Å². The molecular weight excluding hydrogens is 360 g/mol. The number of nitrogens with zero attached hydrogens (tertiary/aromatic N) is 3. The molecular formula is C17H21ClN4O2S. The van der Waals surface area contributed by atoms with Gasteiger partial charge in [-0.1, -0.05) is 17.7 Å². The molecule has 1 aliphatic heterocycles. The lowest BCUT2D eigenvalue weighted by Crippen LogP contribution is -2.33. The van der Waals surface area contributed by atoms with Crippen molar-refractivity contribution in [3.05, 3.63) is 40.7 Å². The molecule has 1 aromatic carbocycles. The lowest BCUT2D eigenvalue weighted by Gasteiger charge is -2.25. The molecule has 25 heavy (non-hydrogen) atoms. The summed E-state index contributed by atoms with van der Waals surface area (Å²) in [5.74, 6) is 2.38. The van der Waals surface area contributed by atoms with Crippen molar-refractivity contribution in [2.75, 3.05) is 28.8 Å². The summed E-state index contributed by atoms with van der Waals surface area (Å²) in [6.07, 6.45) is 0.623. The average molecular weight is 381 g/mol. The van der Waals surface area contributed by atoms with Crippen LogP contribution in [0, 0.1) is 13.8 Å². The first-order valence-corrected chi connectivity index (χ1v) is 10.3. The minimum absolute atomic E-state index is 0.0555. The fraction of sp³-hybridized carbons (Fsp3) is 0.412.